The summed E-state index contributed by atoms with van der Waals surface area (Å²) in [7, 11) is 0. The highest BCUT2D eigenvalue weighted by Gasteiger charge is 2.20. The van der Waals surface area contributed by atoms with Crippen LogP contribution in [0.4, 0.5) is 4.39 Å². The van der Waals surface area contributed by atoms with Crippen molar-refractivity contribution in [2.75, 3.05) is 39.4 Å². The van der Waals surface area contributed by atoms with Gasteiger partial charge < -0.3 is 9.84 Å². The molecule has 110 valence electrons. The van der Waals surface area contributed by atoms with Crippen molar-refractivity contribution in [2.24, 2.45) is 0 Å². The van der Waals surface area contributed by atoms with Crippen molar-refractivity contribution >= 4 is 5.97 Å². The van der Waals surface area contributed by atoms with Crippen LogP contribution in [0, 0.1) is 5.82 Å². The molecule has 1 unspecified atom stereocenters. The van der Waals surface area contributed by atoms with Crippen LogP contribution < -0.4 is 5.32 Å². The first kappa shape index (κ1) is 14.9. The first-order valence-electron chi connectivity index (χ1n) is 6.68. The van der Waals surface area contributed by atoms with E-state index in [9.17, 15) is 14.3 Å². The Morgan fingerprint density at radius 2 is 2.20 bits per heavy atom. The van der Waals surface area contributed by atoms with Gasteiger partial charge in [0.1, 0.15) is 11.9 Å². The van der Waals surface area contributed by atoms with E-state index >= 15 is 0 Å². The summed E-state index contributed by atoms with van der Waals surface area (Å²) in [5.41, 5.74) is 0.430. The number of nitrogens with zero attached hydrogens (tertiary/aromatic N) is 1. The van der Waals surface area contributed by atoms with Crippen LogP contribution in [0.2, 0.25) is 0 Å². The Morgan fingerprint density at radius 3 is 2.85 bits per heavy atom. The van der Waals surface area contributed by atoms with Crippen LogP contribution in [0.5, 0.6) is 0 Å². The number of ether oxygens (including phenoxy) is 1. The molecule has 0 saturated carbocycles. The first-order chi connectivity index (χ1) is 9.66. The van der Waals surface area contributed by atoms with Crippen molar-refractivity contribution in [2.45, 2.75) is 6.04 Å². The second kappa shape index (κ2) is 7.33. The number of hydrogen-bond acceptors (Lipinski definition) is 4. The Bertz CT molecular complexity index is 450. The molecule has 1 atom stereocenters. The number of morpholine rings is 1. The summed E-state index contributed by atoms with van der Waals surface area (Å²) >= 11 is 0. The van der Waals surface area contributed by atoms with Crippen molar-refractivity contribution in [1.82, 2.24) is 10.2 Å². The van der Waals surface area contributed by atoms with Crippen molar-refractivity contribution in [3.63, 3.8) is 0 Å². The third kappa shape index (κ3) is 4.26. The number of rotatable bonds is 6. The molecular formula is C14H19FN2O3. The maximum Gasteiger partial charge on any atom is 0.325 e. The van der Waals surface area contributed by atoms with Crippen LogP contribution >= 0.6 is 0 Å². The van der Waals surface area contributed by atoms with Gasteiger partial charge in [-0.15, -0.1) is 0 Å². The van der Waals surface area contributed by atoms with Crippen molar-refractivity contribution in [3.05, 3.63) is 35.6 Å². The molecule has 0 radical (unpaired) electrons. The molecule has 0 bridgehead atoms. The van der Waals surface area contributed by atoms with E-state index in [-0.39, 0.29) is 0 Å². The van der Waals surface area contributed by atoms with Crippen LogP contribution in [0.1, 0.15) is 11.6 Å². The number of benzene rings is 1. The standard InChI is InChI=1S/C14H19FN2O3/c15-12-3-1-2-11(10-12)13(14(18)19)16-4-5-17-6-8-20-9-7-17/h1-3,10,13,16H,4-9H2,(H,18,19). The fraction of sp³-hybridized carbons (Fsp3) is 0.500. The normalized spacial score (nSPS) is 17.9. The molecule has 0 aliphatic carbocycles. The molecule has 1 aromatic carbocycles. The van der Waals surface area contributed by atoms with Gasteiger partial charge >= 0.3 is 5.97 Å². The predicted octanol–water partition coefficient (Wildman–Crippen LogP) is 0.873. The van der Waals surface area contributed by atoms with E-state index in [1.54, 1.807) is 6.07 Å². The van der Waals surface area contributed by atoms with E-state index in [4.69, 9.17) is 4.74 Å². The Hall–Kier alpha value is -1.50. The summed E-state index contributed by atoms with van der Waals surface area (Å²) in [5, 5.41) is 12.2. The van der Waals surface area contributed by atoms with E-state index in [2.05, 4.69) is 10.2 Å². The van der Waals surface area contributed by atoms with E-state index in [0.29, 0.717) is 25.3 Å². The summed E-state index contributed by atoms with van der Waals surface area (Å²) in [6.07, 6.45) is 0. The molecule has 0 amide bonds. The van der Waals surface area contributed by atoms with Crippen molar-refractivity contribution in [3.8, 4) is 0 Å². The average Bonchev–Trinajstić information content (AvgIpc) is 2.44. The molecule has 0 aromatic heterocycles. The van der Waals surface area contributed by atoms with Crippen LogP contribution in [0.15, 0.2) is 24.3 Å². The lowest BCUT2D eigenvalue weighted by Crippen LogP contribution is -2.41. The molecule has 6 heteroatoms. The minimum Gasteiger partial charge on any atom is -0.480 e. The number of carboxylic acids is 1. The smallest absolute Gasteiger partial charge is 0.325 e. The molecule has 2 N–H and O–H groups in total. The molecule has 1 heterocycles. The summed E-state index contributed by atoms with van der Waals surface area (Å²) in [5.74, 6) is -1.43. The molecule has 1 aromatic rings. The largest absolute Gasteiger partial charge is 0.480 e. The number of carbonyl (C=O) groups is 1. The van der Waals surface area contributed by atoms with Gasteiger partial charge in [-0.05, 0) is 17.7 Å². The first-order valence-corrected chi connectivity index (χ1v) is 6.68. The highest BCUT2D eigenvalue weighted by Crippen LogP contribution is 2.14. The molecule has 1 saturated heterocycles. The van der Waals surface area contributed by atoms with Crippen LogP contribution in [0.3, 0.4) is 0 Å². The van der Waals surface area contributed by atoms with E-state index in [1.807, 2.05) is 0 Å². The Balaban J connectivity index is 1.88. The highest BCUT2D eigenvalue weighted by molar-refractivity contribution is 5.75. The quantitative estimate of drug-likeness (QED) is 0.811. The Morgan fingerprint density at radius 1 is 1.45 bits per heavy atom. The molecule has 2 rings (SSSR count). The van der Waals surface area contributed by atoms with Gasteiger partial charge in [0, 0.05) is 26.2 Å². The zero-order chi connectivity index (χ0) is 14.4. The summed E-state index contributed by atoms with van der Waals surface area (Å²) in [4.78, 5) is 13.5. The van der Waals surface area contributed by atoms with E-state index < -0.39 is 17.8 Å². The summed E-state index contributed by atoms with van der Waals surface area (Å²) in [6.45, 7) is 4.44. The highest BCUT2D eigenvalue weighted by atomic mass is 19.1. The molecular weight excluding hydrogens is 263 g/mol. The third-order valence-electron chi connectivity index (χ3n) is 3.31. The van der Waals surface area contributed by atoms with Crippen molar-refractivity contribution < 1.29 is 19.0 Å². The zero-order valence-electron chi connectivity index (χ0n) is 11.2. The number of nitrogens with one attached hydrogen (secondary N) is 1. The number of hydrogen-bond donors (Lipinski definition) is 2. The fourth-order valence-electron chi connectivity index (χ4n) is 2.23. The number of halogens is 1. The minimum absolute atomic E-state index is 0.427. The van der Waals surface area contributed by atoms with Crippen molar-refractivity contribution in [1.29, 1.82) is 0 Å². The lowest BCUT2D eigenvalue weighted by Gasteiger charge is -2.27. The van der Waals surface area contributed by atoms with Crippen LogP contribution in [-0.2, 0) is 9.53 Å². The van der Waals surface area contributed by atoms with Gasteiger partial charge in [0.2, 0.25) is 0 Å². The molecule has 0 spiro atoms. The van der Waals surface area contributed by atoms with E-state index in [0.717, 1.165) is 19.6 Å². The Labute approximate surface area is 117 Å². The van der Waals surface area contributed by atoms with E-state index in [1.165, 1.54) is 18.2 Å². The van der Waals surface area contributed by atoms with Gasteiger partial charge in [-0.2, -0.15) is 0 Å². The molecule has 1 aliphatic heterocycles. The Kier molecular flexibility index (Phi) is 5.46. The summed E-state index contributed by atoms with van der Waals surface area (Å²) < 4.78 is 18.4. The second-order valence-corrected chi connectivity index (χ2v) is 4.73. The second-order valence-electron chi connectivity index (χ2n) is 4.73. The van der Waals surface area contributed by atoms with Gasteiger partial charge in [-0.3, -0.25) is 15.0 Å². The molecule has 1 fully saturated rings. The summed E-state index contributed by atoms with van der Waals surface area (Å²) in [6, 6.07) is 4.80. The topological polar surface area (TPSA) is 61.8 Å². The third-order valence-corrected chi connectivity index (χ3v) is 3.31. The van der Waals surface area contributed by atoms with Crippen LogP contribution in [0.25, 0.3) is 0 Å². The lowest BCUT2D eigenvalue weighted by molar-refractivity contribution is -0.139. The monoisotopic (exact) mass is 282 g/mol. The van der Waals surface area contributed by atoms with Gasteiger partial charge in [0.25, 0.3) is 0 Å². The number of carboxylic acid groups (broad SMARTS) is 1. The fourth-order valence-corrected chi connectivity index (χ4v) is 2.23. The maximum absolute atomic E-state index is 13.2. The zero-order valence-corrected chi connectivity index (χ0v) is 11.2. The average molecular weight is 282 g/mol. The van der Waals surface area contributed by atoms with Gasteiger partial charge in [0.05, 0.1) is 13.2 Å². The van der Waals surface area contributed by atoms with Gasteiger partial charge in [-0.1, -0.05) is 12.1 Å². The lowest BCUT2D eigenvalue weighted by atomic mass is 10.1. The molecule has 5 nitrogen and oxygen atoms in total. The SMILES string of the molecule is O=C(O)C(NCCN1CCOCC1)c1cccc(F)c1. The van der Waals surface area contributed by atoms with Gasteiger partial charge in [-0.25, -0.2) is 4.39 Å². The van der Waals surface area contributed by atoms with Gasteiger partial charge in [0.15, 0.2) is 0 Å². The van der Waals surface area contributed by atoms with Crippen LogP contribution in [-0.4, -0.2) is 55.4 Å². The molecule has 20 heavy (non-hydrogen) atoms. The number of aliphatic carboxylic acids is 1. The maximum atomic E-state index is 13.2. The minimum atomic E-state index is -1.00. The molecule has 1 aliphatic rings. The predicted molar refractivity (Wildman–Crippen MR) is 72.0 cm³/mol.